The minimum atomic E-state index is 0.484. The predicted octanol–water partition coefficient (Wildman–Crippen LogP) is 2.24. The molecule has 4 aliphatic carbocycles. The molecule has 0 amide bonds. The molecule has 2 bridgehead atoms. The van der Waals surface area contributed by atoms with E-state index in [9.17, 15) is 4.79 Å². The highest BCUT2D eigenvalue weighted by molar-refractivity contribution is 9.09. The van der Waals surface area contributed by atoms with Crippen LogP contribution in [-0.4, -0.2) is 10.6 Å². The van der Waals surface area contributed by atoms with Crippen molar-refractivity contribution in [3.05, 3.63) is 0 Å². The van der Waals surface area contributed by atoms with Crippen LogP contribution in [0.15, 0.2) is 0 Å². The van der Waals surface area contributed by atoms with E-state index in [0.717, 1.165) is 36.0 Å². The number of ketones is 1. The molecule has 2 heteroatoms. The molecule has 13 heavy (non-hydrogen) atoms. The van der Waals surface area contributed by atoms with Gasteiger partial charge >= 0.3 is 0 Å². The summed E-state index contributed by atoms with van der Waals surface area (Å²) in [7, 11) is 0. The molecule has 0 aliphatic heterocycles. The van der Waals surface area contributed by atoms with Gasteiger partial charge in [-0.05, 0) is 42.4 Å². The van der Waals surface area contributed by atoms with Crippen LogP contribution < -0.4 is 0 Å². The molecule has 4 aliphatic rings. The highest BCUT2D eigenvalue weighted by atomic mass is 79.9. The van der Waals surface area contributed by atoms with Gasteiger partial charge in [-0.2, -0.15) is 0 Å². The maximum Gasteiger partial charge on any atom is 0.136 e. The Labute approximate surface area is 86.4 Å². The van der Waals surface area contributed by atoms with Crippen molar-refractivity contribution in [2.24, 2.45) is 35.5 Å². The van der Waals surface area contributed by atoms with Crippen LogP contribution >= 0.6 is 15.9 Å². The largest absolute Gasteiger partial charge is 0.299 e. The van der Waals surface area contributed by atoms with E-state index in [1.807, 2.05) is 0 Å². The summed E-state index contributed by atoms with van der Waals surface area (Å²) in [6, 6.07) is 0. The molecule has 4 saturated carbocycles. The average molecular weight is 241 g/mol. The SMILES string of the molecule is O=C1CC2C3CC(Br)C4C3CC2C14. The van der Waals surface area contributed by atoms with Crippen molar-refractivity contribution in [2.45, 2.75) is 24.1 Å². The second-order valence-corrected chi connectivity index (χ2v) is 6.59. The molecule has 0 radical (unpaired) electrons. The third-order valence-electron chi connectivity index (χ3n) is 5.29. The Bertz CT molecular complexity index is 300. The fourth-order valence-corrected chi connectivity index (χ4v) is 6.24. The van der Waals surface area contributed by atoms with Crippen LogP contribution in [0.25, 0.3) is 0 Å². The van der Waals surface area contributed by atoms with Crippen LogP contribution in [0, 0.1) is 35.5 Å². The number of Topliss-reactive ketones (excluding diaryl/α,β-unsaturated/α-hetero) is 1. The van der Waals surface area contributed by atoms with Crippen LogP contribution in [-0.2, 0) is 4.79 Å². The summed E-state index contributed by atoms with van der Waals surface area (Å²) in [4.78, 5) is 12.5. The zero-order valence-corrected chi connectivity index (χ0v) is 9.03. The van der Waals surface area contributed by atoms with Crippen LogP contribution in [0.5, 0.6) is 0 Å². The smallest absolute Gasteiger partial charge is 0.136 e. The molecule has 4 rings (SSSR count). The van der Waals surface area contributed by atoms with Gasteiger partial charge in [-0.1, -0.05) is 15.9 Å². The fraction of sp³-hybridized carbons (Fsp3) is 0.909. The molecule has 0 spiro atoms. The van der Waals surface area contributed by atoms with Crippen molar-refractivity contribution in [3.8, 4) is 0 Å². The lowest BCUT2D eigenvalue weighted by Gasteiger charge is -2.24. The van der Waals surface area contributed by atoms with E-state index in [-0.39, 0.29) is 0 Å². The van der Waals surface area contributed by atoms with Gasteiger partial charge in [0.15, 0.2) is 0 Å². The van der Waals surface area contributed by atoms with Gasteiger partial charge in [-0.25, -0.2) is 0 Å². The predicted molar refractivity (Wildman–Crippen MR) is 52.5 cm³/mol. The van der Waals surface area contributed by atoms with Crippen LogP contribution in [0.1, 0.15) is 19.3 Å². The van der Waals surface area contributed by atoms with Crippen LogP contribution in [0.4, 0.5) is 0 Å². The molecule has 4 fully saturated rings. The minimum Gasteiger partial charge on any atom is -0.299 e. The molecule has 0 N–H and O–H groups in total. The standard InChI is InChI=1S/C11H13BrO/c12-8-2-4-5-3-9(13)11-7(5)1-6(4)10(8)11/h4-8,10-11H,1-3H2. The molecule has 1 nitrogen and oxygen atoms in total. The van der Waals surface area contributed by atoms with Crippen molar-refractivity contribution in [2.75, 3.05) is 0 Å². The molecule has 7 atom stereocenters. The number of hydrogen-bond donors (Lipinski definition) is 0. The van der Waals surface area contributed by atoms with E-state index in [1.165, 1.54) is 12.8 Å². The monoisotopic (exact) mass is 240 g/mol. The van der Waals surface area contributed by atoms with E-state index in [4.69, 9.17) is 0 Å². The first kappa shape index (κ1) is 7.44. The van der Waals surface area contributed by atoms with Gasteiger partial charge < -0.3 is 0 Å². The van der Waals surface area contributed by atoms with E-state index < -0.39 is 0 Å². The molecule has 0 heterocycles. The van der Waals surface area contributed by atoms with Crippen molar-refractivity contribution in [3.63, 3.8) is 0 Å². The number of carbonyl (C=O) groups is 1. The Morgan fingerprint density at radius 3 is 2.77 bits per heavy atom. The van der Waals surface area contributed by atoms with Crippen molar-refractivity contribution < 1.29 is 4.79 Å². The minimum absolute atomic E-state index is 0.484. The lowest BCUT2D eigenvalue weighted by atomic mass is 9.80. The summed E-state index contributed by atoms with van der Waals surface area (Å²) >= 11 is 3.79. The molecule has 0 aromatic rings. The Kier molecular flexibility index (Phi) is 1.17. The lowest BCUT2D eigenvalue weighted by molar-refractivity contribution is -0.122. The Balaban J connectivity index is 1.90. The molecular weight excluding hydrogens is 228 g/mol. The molecule has 7 unspecified atom stereocenters. The zero-order valence-electron chi connectivity index (χ0n) is 7.45. The lowest BCUT2D eigenvalue weighted by Crippen LogP contribution is -2.26. The Hall–Kier alpha value is 0.150. The van der Waals surface area contributed by atoms with Gasteiger partial charge in [0.1, 0.15) is 5.78 Å². The highest BCUT2D eigenvalue weighted by Gasteiger charge is 2.68. The number of carbonyl (C=O) groups excluding carboxylic acids is 1. The first-order chi connectivity index (χ1) is 6.27. The maximum atomic E-state index is 11.8. The van der Waals surface area contributed by atoms with Crippen molar-refractivity contribution in [1.82, 2.24) is 0 Å². The van der Waals surface area contributed by atoms with E-state index in [2.05, 4.69) is 15.9 Å². The van der Waals surface area contributed by atoms with Crippen LogP contribution in [0.3, 0.4) is 0 Å². The molecule has 70 valence electrons. The highest BCUT2D eigenvalue weighted by Crippen LogP contribution is 2.70. The topological polar surface area (TPSA) is 17.1 Å². The van der Waals surface area contributed by atoms with Crippen molar-refractivity contribution in [1.29, 1.82) is 0 Å². The summed E-state index contributed by atoms with van der Waals surface area (Å²) < 4.78 is 0. The second-order valence-electron chi connectivity index (χ2n) is 5.42. The van der Waals surface area contributed by atoms with E-state index >= 15 is 0 Å². The van der Waals surface area contributed by atoms with Gasteiger partial charge in [-0.3, -0.25) is 4.79 Å². The second kappa shape index (κ2) is 2.05. The Morgan fingerprint density at radius 1 is 1.08 bits per heavy atom. The summed E-state index contributed by atoms with van der Waals surface area (Å²) in [5.74, 6) is 5.29. The van der Waals surface area contributed by atoms with Crippen molar-refractivity contribution >= 4 is 21.7 Å². The Morgan fingerprint density at radius 2 is 1.92 bits per heavy atom. The normalized spacial score (nSPS) is 66.8. The summed E-state index contributed by atoms with van der Waals surface area (Å²) in [5, 5.41) is 0. The zero-order chi connectivity index (χ0) is 8.74. The third-order valence-corrected chi connectivity index (χ3v) is 6.27. The average Bonchev–Trinajstić information content (AvgIpc) is 2.67. The molecular formula is C11H13BrO. The first-order valence-electron chi connectivity index (χ1n) is 5.44. The number of alkyl halides is 1. The van der Waals surface area contributed by atoms with Gasteiger partial charge in [0, 0.05) is 17.2 Å². The number of rotatable bonds is 0. The third kappa shape index (κ3) is 0.642. The molecule has 0 aromatic heterocycles. The first-order valence-corrected chi connectivity index (χ1v) is 6.35. The van der Waals surface area contributed by atoms with Gasteiger partial charge in [0.25, 0.3) is 0 Å². The quantitative estimate of drug-likeness (QED) is 0.594. The summed E-state index contributed by atoms with van der Waals surface area (Å²) in [6.07, 6.45) is 3.69. The van der Waals surface area contributed by atoms with Gasteiger partial charge in [0.2, 0.25) is 0 Å². The number of hydrogen-bond acceptors (Lipinski definition) is 1. The van der Waals surface area contributed by atoms with E-state index in [0.29, 0.717) is 16.5 Å². The van der Waals surface area contributed by atoms with Gasteiger partial charge in [-0.15, -0.1) is 0 Å². The summed E-state index contributed by atoms with van der Waals surface area (Å²) in [6.45, 7) is 0. The molecule has 0 saturated heterocycles. The van der Waals surface area contributed by atoms with Crippen LogP contribution in [0.2, 0.25) is 0 Å². The number of fused-ring (bicyclic) bond motifs is 2. The van der Waals surface area contributed by atoms with E-state index in [1.54, 1.807) is 0 Å². The maximum absolute atomic E-state index is 11.8. The molecule has 0 aromatic carbocycles. The van der Waals surface area contributed by atoms with Gasteiger partial charge in [0.05, 0.1) is 0 Å². The number of halogens is 1. The fourth-order valence-electron chi connectivity index (χ4n) is 5.09. The summed E-state index contributed by atoms with van der Waals surface area (Å²) in [5.41, 5.74) is 0.